The molecule has 80 valence electrons. The lowest BCUT2D eigenvalue weighted by molar-refractivity contribution is 0.175. The largest absolute Gasteiger partial charge is 0.242 e. The Morgan fingerprint density at radius 2 is 2.07 bits per heavy atom. The third kappa shape index (κ3) is 2.98. The number of alkyl halides is 1. The summed E-state index contributed by atoms with van der Waals surface area (Å²) in [5.41, 5.74) is -0.949. The zero-order valence-electron chi connectivity index (χ0n) is 8.50. The predicted octanol–water partition coefficient (Wildman–Crippen LogP) is 3.57. The highest BCUT2D eigenvalue weighted by Gasteiger charge is 2.31. The van der Waals surface area contributed by atoms with Gasteiger partial charge in [-0.3, -0.25) is 0 Å². The molecular weight excluding hydrogens is 261 g/mol. The van der Waals surface area contributed by atoms with Crippen molar-refractivity contribution in [3.63, 3.8) is 0 Å². The molecule has 1 aromatic carbocycles. The molecule has 0 radical (unpaired) electrons. The van der Waals surface area contributed by atoms with Crippen LogP contribution in [0.15, 0.2) is 33.7 Å². The first-order chi connectivity index (χ1) is 6.96. The fourth-order valence-electron chi connectivity index (χ4n) is 1.34. The van der Waals surface area contributed by atoms with Gasteiger partial charge in [-0.2, -0.15) is 4.99 Å². The SMILES string of the molecule is CC(C)(F)C(N=C=O)c1ccccc1Br. The molecule has 0 aliphatic carbocycles. The molecule has 0 aromatic heterocycles. The first-order valence-corrected chi connectivity index (χ1v) is 5.26. The van der Waals surface area contributed by atoms with Crippen LogP contribution < -0.4 is 0 Å². The molecule has 0 heterocycles. The summed E-state index contributed by atoms with van der Waals surface area (Å²) in [7, 11) is 0. The quantitative estimate of drug-likeness (QED) is 0.611. The fraction of sp³-hybridized carbons (Fsp3) is 0.364. The van der Waals surface area contributed by atoms with Gasteiger partial charge in [0.1, 0.15) is 11.7 Å². The van der Waals surface area contributed by atoms with Crippen molar-refractivity contribution in [2.75, 3.05) is 0 Å². The number of aliphatic imine (C=N–C) groups is 1. The highest BCUT2D eigenvalue weighted by molar-refractivity contribution is 9.10. The summed E-state index contributed by atoms with van der Waals surface area (Å²) in [6, 6.07) is 6.29. The summed E-state index contributed by atoms with van der Waals surface area (Å²) < 4.78 is 14.5. The van der Waals surface area contributed by atoms with E-state index in [1.165, 1.54) is 19.9 Å². The van der Waals surface area contributed by atoms with Crippen LogP contribution in [-0.4, -0.2) is 11.7 Å². The number of hydrogen-bond acceptors (Lipinski definition) is 2. The topological polar surface area (TPSA) is 29.4 Å². The fourth-order valence-corrected chi connectivity index (χ4v) is 1.84. The molecule has 0 spiro atoms. The van der Waals surface area contributed by atoms with Gasteiger partial charge in [-0.1, -0.05) is 34.1 Å². The van der Waals surface area contributed by atoms with E-state index >= 15 is 0 Å². The molecule has 1 unspecified atom stereocenters. The minimum absolute atomic E-state index is 0.647. The molecule has 2 nitrogen and oxygen atoms in total. The normalized spacial score (nSPS) is 13.1. The number of benzene rings is 1. The second-order valence-electron chi connectivity index (χ2n) is 3.71. The number of hydrogen-bond donors (Lipinski definition) is 0. The van der Waals surface area contributed by atoms with Gasteiger partial charge in [0.05, 0.1) is 0 Å². The summed E-state index contributed by atoms with van der Waals surface area (Å²) in [5.74, 6) is 0. The number of isocyanates is 1. The van der Waals surface area contributed by atoms with E-state index in [4.69, 9.17) is 0 Å². The van der Waals surface area contributed by atoms with E-state index in [1.54, 1.807) is 18.2 Å². The van der Waals surface area contributed by atoms with Gasteiger partial charge in [-0.05, 0) is 25.5 Å². The Labute approximate surface area is 96.3 Å². The second-order valence-corrected chi connectivity index (χ2v) is 4.56. The van der Waals surface area contributed by atoms with Crippen LogP contribution in [0.3, 0.4) is 0 Å². The van der Waals surface area contributed by atoms with Crippen LogP contribution in [0, 0.1) is 0 Å². The maximum absolute atomic E-state index is 13.8. The summed E-state index contributed by atoms with van der Waals surface area (Å²) in [5, 5.41) is 0. The Bertz CT molecular complexity index is 394. The van der Waals surface area contributed by atoms with Crippen molar-refractivity contribution in [1.29, 1.82) is 0 Å². The average Bonchev–Trinajstić information content (AvgIpc) is 2.14. The minimum Gasteiger partial charge on any atom is -0.242 e. The van der Waals surface area contributed by atoms with Crippen molar-refractivity contribution in [2.45, 2.75) is 25.6 Å². The smallest absolute Gasteiger partial charge is 0.235 e. The summed E-state index contributed by atoms with van der Waals surface area (Å²) in [4.78, 5) is 13.8. The zero-order chi connectivity index (χ0) is 11.5. The molecule has 0 bridgehead atoms. The van der Waals surface area contributed by atoms with E-state index in [1.807, 2.05) is 6.07 Å². The van der Waals surface area contributed by atoms with Gasteiger partial charge in [0, 0.05) is 4.47 Å². The number of rotatable bonds is 3. The Kier molecular flexibility index (Phi) is 3.77. The minimum atomic E-state index is -1.60. The van der Waals surface area contributed by atoms with E-state index < -0.39 is 11.7 Å². The summed E-state index contributed by atoms with van der Waals surface area (Å²) >= 11 is 3.30. The van der Waals surface area contributed by atoms with Crippen LogP contribution in [0.1, 0.15) is 25.5 Å². The number of carbonyl (C=O) groups excluding carboxylic acids is 1. The van der Waals surface area contributed by atoms with Gasteiger partial charge in [-0.15, -0.1) is 0 Å². The van der Waals surface area contributed by atoms with Crippen LogP contribution >= 0.6 is 15.9 Å². The monoisotopic (exact) mass is 271 g/mol. The Hall–Kier alpha value is -0.990. The molecule has 1 atom stereocenters. The molecule has 0 aliphatic rings. The number of halogens is 2. The van der Waals surface area contributed by atoms with Crippen molar-refractivity contribution in [3.05, 3.63) is 34.3 Å². The maximum Gasteiger partial charge on any atom is 0.235 e. The van der Waals surface area contributed by atoms with E-state index in [9.17, 15) is 9.18 Å². The molecule has 1 rings (SSSR count). The molecule has 0 fully saturated rings. The Morgan fingerprint density at radius 1 is 1.47 bits per heavy atom. The maximum atomic E-state index is 13.8. The average molecular weight is 272 g/mol. The summed E-state index contributed by atoms with van der Waals surface area (Å²) in [6.07, 6.45) is 1.41. The lowest BCUT2D eigenvalue weighted by atomic mass is 9.94. The van der Waals surface area contributed by atoms with E-state index in [-0.39, 0.29) is 0 Å². The molecule has 0 N–H and O–H groups in total. The first kappa shape index (κ1) is 12.1. The molecule has 0 saturated heterocycles. The molecule has 1 aromatic rings. The van der Waals surface area contributed by atoms with Crippen molar-refractivity contribution < 1.29 is 9.18 Å². The van der Waals surface area contributed by atoms with Gasteiger partial charge < -0.3 is 0 Å². The molecule has 0 amide bonds. The third-order valence-electron chi connectivity index (χ3n) is 2.03. The molecular formula is C11H11BrFNO. The van der Waals surface area contributed by atoms with E-state index in [0.717, 1.165) is 4.47 Å². The van der Waals surface area contributed by atoms with E-state index in [2.05, 4.69) is 20.9 Å². The van der Waals surface area contributed by atoms with Crippen LogP contribution in [0.2, 0.25) is 0 Å². The Balaban J connectivity index is 3.22. The van der Waals surface area contributed by atoms with Gasteiger partial charge in [-0.25, -0.2) is 9.18 Å². The standard InChI is InChI=1S/C11H11BrFNO/c1-11(2,13)10(14-7-15)8-5-3-4-6-9(8)12/h3-6,10H,1-2H3. The first-order valence-electron chi connectivity index (χ1n) is 4.47. The molecule has 4 heteroatoms. The Morgan fingerprint density at radius 3 is 2.53 bits per heavy atom. The predicted molar refractivity (Wildman–Crippen MR) is 60.2 cm³/mol. The van der Waals surface area contributed by atoms with Crippen LogP contribution in [0.4, 0.5) is 4.39 Å². The molecule has 0 aliphatic heterocycles. The lowest BCUT2D eigenvalue weighted by Crippen LogP contribution is -2.22. The van der Waals surface area contributed by atoms with Crippen LogP contribution in [0.5, 0.6) is 0 Å². The van der Waals surface area contributed by atoms with Gasteiger partial charge in [0.25, 0.3) is 0 Å². The van der Waals surface area contributed by atoms with Crippen molar-refractivity contribution in [2.24, 2.45) is 4.99 Å². The van der Waals surface area contributed by atoms with Crippen molar-refractivity contribution in [3.8, 4) is 0 Å². The lowest BCUT2D eigenvalue weighted by Gasteiger charge is -2.23. The summed E-state index contributed by atoms with van der Waals surface area (Å²) in [6.45, 7) is 2.77. The highest BCUT2D eigenvalue weighted by atomic mass is 79.9. The molecule has 15 heavy (non-hydrogen) atoms. The van der Waals surface area contributed by atoms with E-state index in [0.29, 0.717) is 5.56 Å². The van der Waals surface area contributed by atoms with Crippen LogP contribution in [0.25, 0.3) is 0 Å². The van der Waals surface area contributed by atoms with Gasteiger partial charge in [0.2, 0.25) is 6.08 Å². The van der Waals surface area contributed by atoms with Crippen molar-refractivity contribution in [1.82, 2.24) is 0 Å². The van der Waals surface area contributed by atoms with Gasteiger partial charge in [0.15, 0.2) is 0 Å². The second kappa shape index (κ2) is 4.69. The zero-order valence-corrected chi connectivity index (χ0v) is 10.1. The van der Waals surface area contributed by atoms with Crippen LogP contribution in [-0.2, 0) is 4.79 Å². The number of nitrogens with zero attached hydrogens (tertiary/aromatic N) is 1. The highest BCUT2D eigenvalue weighted by Crippen LogP contribution is 2.35. The van der Waals surface area contributed by atoms with Gasteiger partial charge >= 0.3 is 0 Å². The molecule has 0 saturated carbocycles. The van der Waals surface area contributed by atoms with Crippen molar-refractivity contribution >= 4 is 22.0 Å². The third-order valence-corrected chi connectivity index (χ3v) is 2.75.